The van der Waals surface area contributed by atoms with E-state index in [4.69, 9.17) is 9.47 Å². The molecule has 18 heavy (non-hydrogen) atoms. The van der Waals surface area contributed by atoms with Gasteiger partial charge in [-0.1, -0.05) is 37.6 Å². The van der Waals surface area contributed by atoms with Crippen molar-refractivity contribution in [3.8, 4) is 0 Å². The fourth-order valence-electron chi connectivity index (χ4n) is 2.12. The van der Waals surface area contributed by atoms with Gasteiger partial charge in [-0.2, -0.15) is 0 Å². The molecule has 1 fully saturated rings. The van der Waals surface area contributed by atoms with Crippen molar-refractivity contribution in [2.24, 2.45) is 0 Å². The van der Waals surface area contributed by atoms with Crippen LogP contribution in [0.15, 0.2) is 24.3 Å². The maximum Gasteiger partial charge on any atom is 0.0846 e. The molecule has 1 heterocycles. The van der Waals surface area contributed by atoms with Crippen LogP contribution in [0.5, 0.6) is 0 Å². The zero-order valence-corrected chi connectivity index (χ0v) is 11.4. The van der Waals surface area contributed by atoms with Gasteiger partial charge in [-0.3, -0.25) is 0 Å². The van der Waals surface area contributed by atoms with Crippen LogP contribution in [-0.2, 0) is 15.9 Å². The fourth-order valence-corrected chi connectivity index (χ4v) is 2.12. The molecule has 1 saturated heterocycles. The summed E-state index contributed by atoms with van der Waals surface area (Å²) in [4.78, 5) is 0. The second-order valence-electron chi connectivity index (χ2n) is 4.96. The molecule has 1 atom stereocenters. The molecule has 1 aliphatic heterocycles. The van der Waals surface area contributed by atoms with Gasteiger partial charge >= 0.3 is 0 Å². The van der Waals surface area contributed by atoms with Gasteiger partial charge in [-0.15, -0.1) is 0 Å². The smallest absolute Gasteiger partial charge is 0.0846 e. The van der Waals surface area contributed by atoms with E-state index in [1.54, 1.807) is 0 Å². The lowest BCUT2D eigenvalue weighted by Gasteiger charge is -2.26. The highest BCUT2D eigenvalue weighted by molar-refractivity contribution is 5.25. The summed E-state index contributed by atoms with van der Waals surface area (Å²) in [6.45, 7) is 4.90. The highest BCUT2D eigenvalue weighted by Crippen LogP contribution is 2.29. The quantitative estimate of drug-likeness (QED) is 0.650. The summed E-state index contributed by atoms with van der Waals surface area (Å²) in [5, 5.41) is 0. The molecule has 0 bridgehead atoms. The van der Waals surface area contributed by atoms with Gasteiger partial charge in [0.2, 0.25) is 0 Å². The van der Waals surface area contributed by atoms with Crippen LogP contribution in [0.4, 0.5) is 0 Å². The van der Waals surface area contributed by atoms with Gasteiger partial charge in [0.25, 0.3) is 0 Å². The lowest BCUT2D eigenvalue weighted by atomic mass is 10.0. The zero-order chi connectivity index (χ0) is 12.6. The van der Waals surface area contributed by atoms with E-state index in [1.807, 2.05) is 0 Å². The molecular formula is C16H24O2. The molecule has 0 amide bonds. The summed E-state index contributed by atoms with van der Waals surface area (Å²) in [6, 6.07) is 8.86. The van der Waals surface area contributed by atoms with E-state index in [-0.39, 0.29) is 0 Å². The van der Waals surface area contributed by atoms with Crippen molar-refractivity contribution >= 4 is 0 Å². The van der Waals surface area contributed by atoms with Gasteiger partial charge in [-0.25, -0.2) is 0 Å². The number of rotatable bonds is 8. The monoisotopic (exact) mass is 248 g/mol. The first kappa shape index (κ1) is 13.6. The second kappa shape index (κ2) is 7.55. The Balaban J connectivity index is 1.63. The van der Waals surface area contributed by atoms with Crippen LogP contribution < -0.4 is 0 Å². The molecule has 1 aliphatic rings. The first-order valence-corrected chi connectivity index (χ1v) is 7.18. The third kappa shape index (κ3) is 4.11. The first-order valence-electron chi connectivity index (χ1n) is 7.18. The summed E-state index contributed by atoms with van der Waals surface area (Å²) in [7, 11) is 0. The standard InChI is InChI=1S/C16H24O2/c1-2-3-11-17-12-4-5-14-6-8-15(9-7-14)16-10-13-18-16/h6-9,16H,2-5,10-13H2,1H3. The van der Waals surface area contributed by atoms with Crippen LogP contribution >= 0.6 is 0 Å². The molecule has 0 saturated carbocycles. The summed E-state index contributed by atoms with van der Waals surface area (Å²) in [5.74, 6) is 0. The summed E-state index contributed by atoms with van der Waals surface area (Å²) in [5.41, 5.74) is 2.72. The van der Waals surface area contributed by atoms with Crippen molar-refractivity contribution in [1.29, 1.82) is 0 Å². The van der Waals surface area contributed by atoms with Crippen molar-refractivity contribution in [1.82, 2.24) is 0 Å². The molecule has 2 rings (SSSR count). The number of hydrogen-bond acceptors (Lipinski definition) is 2. The molecule has 0 aromatic heterocycles. The zero-order valence-electron chi connectivity index (χ0n) is 11.4. The summed E-state index contributed by atoms with van der Waals surface area (Å²) < 4.78 is 11.0. The molecule has 2 heteroatoms. The van der Waals surface area contributed by atoms with Crippen LogP contribution in [0.25, 0.3) is 0 Å². The van der Waals surface area contributed by atoms with Gasteiger partial charge in [0.05, 0.1) is 12.7 Å². The average Bonchev–Trinajstić information content (AvgIpc) is 2.33. The molecule has 0 radical (unpaired) electrons. The van der Waals surface area contributed by atoms with Crippen molar-refractivity contribution in [2.45, 2.75) is 45.1 Å². The molecule has 0 aliphatic carbocycles. The van der Waals surface area contributed by atoms with Crippen LogP contribution in [-0.4, -0.2) is 19.8 Å². The third-order valence-electron chi connectivity index (χ3n) is 3.45. The Labute approximate surface area is 110 Å². The molecule has 0 N–H and O–H groups in total. The van der Waals surface area contributed by atoms with Crippen LogP contribution in [0.2, 0.25) is 0 Å². The Hall–Kier alpha value is -0.860. The van der Waals surface area contributed by atoms with E-state index in [2.05, 4.69) is 31.2 Å². The maximum atomic E-state index is 5.56. The largest absolute Gasteiger partial charge is 0.381 e. The Bertz CT molecular complexity index is 327. The van der Waals surface area contributed by atoms with Gasteiger partial charge in [0.1, 0.15) is 0 Å². The first-order chi connectivity index (χ1) is 8.90. The van der Waals surface area contributed by atoms with Gasteiger partial charge in [-0.05, 0) is 30.4 Å². The fraction of sp³-hybridized carbons (Fsp3) is 0.625. The molecule has 2 nitrogen and oxygen atoms in total. The van der Waals surface area contributed by atoms with E-state index in [1.165, 1.54) is 30.4 Å². The van der Waals surface area contributed by atoms with Crippen molar-refractivity contribution in [2.75, 3.05) is 19.8 Å². The predicted octanol–water partition coefficient (Wildman–Crippen LogP) is 3.90. The molecule has 100 valence electrons. The topological polar surface area (TPSA) is 18.5 Å². The van der Waals surface area contributed by atoms with E-state index < -0.39 is 0 Å². The summed E-state index contributed by atoms with van der Waals surface area (Å²) >= 11 is 0. The lowest BCUT2D eigenvalue weighted by molar-refractivity contribution is -0.0527. The third-order valence-corrected chi connectivity index (χ3v) is 3.45. The van der Waals surface area contributed by atoms with E-state index in [0.717, 1.165) is 32.7 Å². The number of unbranched alkanes of at least 4 members (excludes halogenated alkanes) is 1. The lowest BCUT2D eigenvalue weighted by Crippen LogP contribution is -2.17. The molecular weight excluding hydrogens is 224 g/mol. The van der Waals surface area contributed by atoms with E-state index in [0.29, 0.717) is 6.10 Å². The minimum absolute atomic E-state index is 0.358. The Kier molecular flexibility index (Phi) is 5.69. The van der Waals surface area contributed by atoms with Crippen molar-refractivity contribution < 1.29 is 9.47 Å². The van der Waals surface area contributed by atoms with E-state index >= 15 is 0 Å². The Morgan fingerprint density at radius 1 is 1.17 bits per heavy atom. The Morgan fingerprint density at radius 2 is 1.89 bits per heavy atom. The molecule has 1 aromatic rings. The van der Waals surface area contributed by atoms with Crippen LogP contribution in [0.1, 0.15) is 49.8 Å². The summed E-state index contributed by atoms with van der Waals surface area (Å²) in [6.07, 6.45) is 6.14. The highest BCUT2D eigenvalue weighted by Gasteiger charge is 2.19. The number of aryl methyl sites for hydroxylation is 1. The SMILES string of the molecule is CCCCOCCCc1ccc(C2CCO2)cc1. The van der Waals surface area contributed by atoms with E-state index in [9.17, 15) is 0 Å². The predicted molar refractivity (Wildman–Crippen MR) is 73.8 cm³/mol. The minimum Gasteiger partial charge on any atom is -0.381 e. The Morgan fingerprint density at radius 3 is 2.50 bits per heavy atom. The average molecular weight is 248 g/mol. The van der Waals surface area contributed by atoms with Gasteiger partial charge in [0.15, 0.2) is 0 Å². The number of hydrogen-bond donors (Lipinski definition) is 0. The maximum absolute atomic E-state index is 5.56. The van der Waals surface area contributed by atoms with Crippen LogP contribution in [0.3, 0.4) is 0 Å². The normalized spacial score (nSPS) is 18.6. The van der Waals surface area contributed by atoms with Crippen molar-refractivity contribution in [3.63, 3.8) is 0 Å². The molecule has 1 aromatic carbocycles. The highest BCUT2D eigenvalue weighted by atomic mass is 16.5. The van der Waals surface area contributed by atoms with Gasteiger partial charge in [0, 0.05) is 19.6 Å². The van der Waals surface area contributed by atoms with Crippen molar-refractivity contribution in [3.05, 3.63) is 35.4 Å². The molecule has 1 unspecified atom stereocenters. The number of ether oxygens (including phenoxy) is 2. The second-order valence-corrected chi connectivity index (χ2v) is 4.96. The molecule has 0 spiro atoms. The van der Waals surface area contributed by atoms with Crippen LogP contribution in [0, 0.1) is 0 Å². The van der Waals surface area contributed by atoms with Gasteiger partial charge < -0.3 is 9.47 Å². The number of benzene rings is 1. The minimum atomic E-state index is 0.358.